The molecule has 0 spiro atoms. The van der Waals surface area contributed by atoms with E-state index in [1.807, 2.05) is 36.4 Å². The first-order chi connectivity index (χ1) is 22.9. The van der Waals surface area contributed by atoms with Gasteiger partial charge >= 0.3 is 0 Å². The third-order valence-corrected chi connectivity index (χ3v) is 10.6. The maximum absolute atomic E-state index is 6.55. The molecule has 0 aliphatic rings. The third kappa shape index (κ3) is 26.1. The van der Waals surface area contributed by atoms with Crippen molar-refractivity contribution in [2.45, 2.75) is 176 Å². The summed E-state index contributed by atoms with van der Waals surface area (Å²) in [6.07, 6.45) is 32.0. The minimum absolute atomic E-state index is 0.636. The van der Waals surface area contributed by atoms with Crippen LogP contribution >= 0.6 is 46.4 Å². The summed E-state index contributed by atoms with van der Waals surface area (Å²) in [5.41, 5.74) is 2.43. The Labute approximate surface area is 310 Å². The van der Waals surface area contributed by atoms with Crippen LogP contribution in [0.5, 0.6) is 0 Å². The minimum atomic E-state index is -0.636. The fourth-order valence-corrected chi connectivity index (χ4v) is 7.58. The lowest BCUT2D eigenvalue weighted by molar-refractivity contribution is 0.125. The van der Waals surface area contributed by atoms with Gasteiger partial charge in [-0.2, -0.15) is 0 Å². The number of hydrogen-bond donors (Lipinski definition) is 0. The zero-order valence-electron chi connectivity index (χ0n) is 29.5. The van der Waals surface area contributed by atoms with E-state index in [4.69, 9.17) is 51.1 Å². The Morgan fingerprint density at radius 1 is 0.340 bits per heavy atom. The molecule has 0 saturated carbocycles. The number of benzene rings is 2. The first-order valence-electron chi connectivity index (χ1n) is 19.3. The quantitative estimate of drug-likeness (QED) is 0.0538. The second kappa shape index (κ2) is 28.3. The largest absolute Gasteiger partial charge is 0.381 e. The van der Waals surface area contributed by atoms with Gasteiger partial charge in [-0.25, -0.2) is 0 Å². The number of unbranched alkanes of at least 4 members (excludes halogenated alkanes) is 20. The monoisotopic (exact) mass is 726 g/mol. The van der Waals surface area contributed by atoms with Crippen LogP contribution in [0.1, 0.15) is 165 Å². The predicted molar refractivity (Wildman–Crippen MR) is 211 cm³/mol. The molecule has 0 heterocycles. The molecule has 0 atom stereocenters. The molecule has 47 heavy (non-hydrogen) atoms. The van der Waals surface area contributed by atoms with E-state index < -0.39 is 8.67 Å². The lowest BCUT2D eigenvalue weighted by Gasteiger charge is -2.19. The molecule has 0 N–H and O–H groups in total. The van der Waals surface area contributed by atoms with E-state index in [0.717, 1.165) is 51.7 Å². The van der Waals surface area contributed by atoms with Crippen molar-refractivity contribution in [1.29, 1.82) is 0 Å². The van der Waals surface area contributed by atoms with E-state index in [0.29, 0.717) is 0 Å². The van der Waals surface area contributed by atoms with Gasteiger partial charge < -0.3 is 4.74 Å². The standard InChI is InChI=1S/C42H66Cl4O/c43-41(44,37-39-29-21-19-22-30-39)33-25-15-11-7-3-1-5-9-13-17-27-35-47-36-28-18-14-10-6-2-4-8-12-16-26-34-42(45,46)38-40-31-23-20-24-32-40/h19-24,29-32H,1-18,25-28,33-38H2. The molecule has 0 radical (unpaired) electrons. The normalized spacial score (nSPS) is 12.2. The van der Waals surface area contributed by atoms with Crippen LogP contribution in [-0.4, -0.2) is 21.9 Å². The molecule has 2 aromatic rings. The molecular weight excluding hydrogens is 662 g/mol. The molecule has 0 bridgehead atoms. The third-order valence-electron chi connectivity index (χ3n) is 9.27. The lowest BCUT2D eigenvalue weighted by atomic mass is 10.0. The van der Waals surface area contributed by atoms with Gasteiger partial charge in [-0.1, -0.05) is 189 Å². The predicted octanol–water partition coefficient (Wildman–Crippen LogP) is 15.2. The lowest BCUT2D eigenvalue weighted by Crippen LogP contribution is -2.16. The van der Waals surface area contributed by atoms with Gasteiger partial charge in [-0.05, 0) is 36.8 Å². The average Bonchev–Trinajstić information content (AvgIpc) is 3.05. The molecule has 268 valence electrons. The summed E-state index contributed by atoms with van der Waals surface area (Å²) in [6.45, 7) is 1.89. The van der Waals surface area contributed by atoms with Gasteiger partial charge in [0.25, 0.3) is 0 Å². The number of alkyl halides is 4. The first-order valence-corrected chi connectivity index (χ1v) is 20.8. The van der Waals surface area contributed by atoms with Crippen LogP contribution in [0.15, 0.2) is 60.7 Å². The van der Waals surface area contributed by atoms with Crippen molar-refractivity contribution in [2.75, 3.05) is 13.2 Å². The molecule has 0 aliphatic heterocycles. The van der Waals surface area contributed by atoms with Crippen LogP contribution in [0.4, 0.5) is 0 Å². The number of ether oxygens (including phenoxy) is 1. The number of halogens is 4. The highest BCUT2D eigenvalue weighted by Gasteiger charge is 2.24. The fraction of sp³-hybridized carbons (Fsp3) is 0.714. The molecule has 1 nitrogen and oxygen atoms in total. The number of rotatable bonds is 32. The second-order valence-electron chi connectivity index (χ2n) is 13.9. The summed E-state index contributed by atoms with van der Waals surface area (Å²) in [5, 5.41) is 0. The Balaban J connectivity index is 1.21. The van der Waals surface area contributed by atoms with Crippen LogP contribution in [0.2, 0.25) is 0 Å². The molecule has 5 heteroatoms. The second-order valence-corrected chi connectivity index (χ2v) is 17.2. The van der Waals surface area contributed by atoms with Crippen LogP contribution in [-0.2, 0) is 17.6 Å². The summed E-state index contributed by atoms with van der Waals surface area (Å²) < 4.78 is 4.61. The van der Waals surface area contributed by atoms with Gasteiger partial charge in [0, 0.05) is 26.1 Å². The molecule has 0 unspecified atom stereocenters. The van der Waals surface area contributed by atoms with E-state index in [2.05, 4.69) is 24.3 Å². The highest BCUT2D eigenvalue weighted by atomic mass is 35.5. The molecule has 0 aromatic heterocycles. The Morgan fingerprint density at radius 2 is 0.596 bits per heavy atom. The van der Waals surface area contributed by atoms with E-state index in [9.17, 15) is 0 Å². The summed E-state index contributed by atoms with van der Waals surface area (Å²) in [5.74, 6) is 0. The summed E-state index contributed by atoms with van der Waals surface area (Å²) in [6, 6.07) is 20.7. The topological polar surface area (TPSA) is 9.23 Å². The molecule has 0 fully saturated rings. The van der Waals surface area contributed by atoms with E-state index in [1.165, 1.54) is 140 Å². The van der Waals surface area contributed by atoms with Crippen LogP contribution in [0.25, 0.3) is 0 Å². The van der Waals surface area contributed by atoms with Crippen molar-refractivity contribution in [3.63, 3.8) is 0 Å². The molecular formula is C42H66Cl4O. The Kier molecular flexibility index (Phi) is 25.7. The highest BCUT2D eigenvalue weighted by Crippen LogP contribution is 2.33. The van der Waals surface area contributed by atoms with Crippen molar-refractivity contribution in [3.8, 4) is 0 Å². The SMILES string of the molecule is ClC(Cl)(CCCCCCCCCCCCCOCCCCCCCCCCCCCC(Cl)(Cl)Cc1ccccc1)Cc1ccccc1. The van der Waals surface area contributed by atoms with Crippen molar-refractivity contribution in [1.82, 2.24) is 0 Å². The van der Waals surface area contributed by atoms with Crippen molar-refractivity contribution in [2.24, 2.45) is 0 Å². The van der Waals surface area contributed by atoms with Crippen LogP contribution < -0.4 is 0 Å². The van der Waals surface area contributed by atoms with Gasteiger partial charge in [-0.3, -0.25) is 0 Å². The van der Waals surface area contributed by atoms with Crippen molar-refractivity contribution < 1.29 is 4.74 Å². The van der Waals surface area contributed by atoms with Gasteiger partial charge in [0.05, 0.1) is 0 Å². The maximum atomic E-state index is 6.55. The van der Waals surface area contributed by atoms with Gasteiger partial charge in [0.2, 0.25) is 0 Å². The van der Waals surface area contributed by atoms with Gasteiger partial charge in [0.1, 0.15) is 8.67 Å². The molecule has 2 rings (SSSR count). The fourth-order valence-electron chi connectivity index (χ4n) is 6.43. The molecule has 2 aromatic carbocycles. The minimum Gasteiger partial charge on any atom is -0.381 e. The Hall–Kier alpha value is -0.440. The van der Waals surface area contributed by atoms with Gasteiger partial charge in [-0.15, -0.1) is 46.4 Å². The Morgan fingerprint density at radius 3 is 0.894 bits per heavy atom. The average molecular weight is 729 g/mol. The summed E-state index contributed by atoms with van der Waals surface area (Å²) in [7, 11) is 0. The summed E-state index contributed by atoms with van der Waals surface area (Å²) in [4.78, 5) is 0. The van der Waals surface area contributed by atoms with Gasteiger partial charge in [0.15, 0.2) is 0 Å². The maximum Gasteiger partial charge on any atom is 0.122 e. The zero-order chi connectivity index (χ0) is 33.7. The van der Waals surface area contributed by atoms with Crippen molar-refractivity contribution in [3.05, 3.63) is 71.8 Å². The van der Waals surface area contributed by atoms with Crippen LogP contribution in [0, 0.1) is 0 Å². The zero-order valence-corrected chi connectivity index (χ0v) is 32.5. The smallest absolute Gasteiger partial charge is 0.122 e. The van der Waals surface area contributed by atoms with Crippen molar-refractivity contribution >= 4 is 46.4 Å². The Bertz CT molecular complexity index is 872. The molecule has 0 saturated heterocycles. The molecule has 0 aliphatic carbocycles. The number of hydrogen-bond acceptors (Lipinski definition) is 1. The molecule has 0 amide bonds. The first kappa shape index (κ1) is 42.7. The van der Waals surface area contributed by atoms with E-state index in [-0.39, 0.29) is 0 Å². The highest BCUT2D eigenvalue weighted by molar-refractivity contribution is 6.48. The summed E-state index contributed by atoms with van der Waals surface area (Å²) >= 11 is 26.2. The van der Waals surface area contributed by atoms with Crippen LogP contribution in [0.3, 0.4) is 0 Å². The van der Waals surface area contributed by atoms with E-state index in [1.54, 1.807) is 0 Å². The van der Waals surface area contributed by atoms with E-state index >= 15 is 0 Å².